The zero-order chi connectivity index (χ0) is 20.0. The van der Waals surface area contributed by atoms with Gasteiger partial charge in [-0.3, -0.25) is 0 Å². The molecule has 28 heavy (non-hydrogen) atoms. The number of alkyl halides is 3. The number of hydrogen-bond acceptors (Lipinski definition) is 4. The summed E-state index contributed by atoms with van der Waals surface area (Å²) in [6.45, 7) is 2.07. The predicted octanol–water partition coefficient (Wildman–Crippen LogP) is 6.33. The third kappa shape index (κ3) is 5.00. The number of nitrogens with zero attached hydrogens (tertiary/aromatic N) is 2. The van der Waals surface area contributed by atoms with Gasteiger partial charge in [0.2, 0.25) is 5.95 Å². The fourth-order valence-corrected chi connectivity index (χ4v) is 2.75. The maximum Gasteiger partial charge on any atom is 0.421 e. The van der Waals surface area contributed by atoms with Crippen LogP contribution in [-0.2, 0) is 12.6 Å². The molecule has 0 aliphatic rings. The van der Waals surface area contributed by atoms with E-state index in [0.717, 1.165) is 31.0 Å². The number of aromatic nitrogens is 2. The van der Waals surface area contributed by atoms with Gasteiger partial charge >= 0.3 is 6.18 Å². The van der Waals surface area contributed by atoms with Gasteiger partial charge in [0, 0.05) is 17.6 Å². The molecule has 1 heterocycles. The van der Waals surface area contributed by atoms with Gasteiger partial charge in [-0.15, -0.1) is 0 Å². The highest BCUT2D eigenvalue weighted by Gasteiger charge is 2.35. The maximum atomic E-state index is 13.5. The Morgan fingerprint density at radius 2 is 1.64 bits per heavy atom. The van der Waals surface area contributed by atoms with E-state index in [-0.39, 0.29) is 11.8 Å². The van der Waals surface area contributed by atoms with Crippen molar-refractivity contribution >= 4 is 23.1 Å². The van der Waals surface area contributed by atoms with Crippen LogP contribution in [0.4, 0.5) is 36.3 Å². The van der Waals surface area contributed by atoms with Crippen molar-refractivity contribution in [1.29, 1.82) is 0 Å². The quantitative estimate of drug-likeness (QED) is 0.498. The third-order valence-electron chi connectivity index (χ3n) is 4.19. The highest BCUT2D eigenvalue weighted by Crippen LogP contribution is 2.36. The highest BCUT2D eigenvalue weighted by molar-refractivity contribution is 5.65. The number of nitrogens with one attached hydrogen (secondary N) is 2. The smallest absolute Gasteiger partial charge is 0.339 e. The molecule has 0 atom stereocenters. The number of aryl methyl sites for hydroxylation is 1. The van der Waals surface area contributed by atoms with Crippen molar-refractivity contribution in [3.8, 4) is 0 Å². The van der Waals surface area contributed by atoms with Gasteiger partial charge < -0.3 is 10.6 Å². The minimum absolute atomic E-state index is 0.0905. The van der Waals surface area contributed by atoms with Crippen LogP contribution >= 0.6 is 0 Å². The standard InChI is InChI=1S/C21H21F3N4/c1-2-3-9-15-10-7-8-13-18(15)27-19-17(21(22,23)24)14-25-20(28-19)26-16-11-5-4-6-12-16/h4-8,10-14H,2-3,9H2,1H3,(H2,25,26,27,28). The SMILES string of the molecule is CCCCc1ccccc1Nc1nc(Nc2ccccc2)ncc1C(F)(F)F. The molecular formula is C21H21F3N4. The molecule has 146 valence electrons. The van der Waals surface area contributed by atoms with E-state index in [9.17, 15) is 13.2 Å². The molecule has 0 radical (unpaired) electrons. The Morgan fingerprint density at radius 3 is 2.36 bits per heavy atom. The second-order valence-corrected chi connectivity index (χ2v) is 6.33. The second kappa shape index (κ2) is 8.73. The first-order valence-electron chi connectivity index (χ1n) is 9.08. The van der Waals surface area contributed by atoms with E-state index in [2.05, 4.69) is 27.5 Å². The molecule has 1 aromatic heterocycles. The van der Waals surface area contributed by atoms with Crippen LogP contribution in [0, 0.1) is 0 Å². The second-order valence-electron chi connectivity index (χ2n) is 6.33. The molecule has 3 rings (SSSR count). The molecule has 0 saturated heterocycles. The van der Waals surface area contributed by atoms with Gasteiger partial charge in [-0.1, -0.05) is 49.7 Å². The molecule has 0 aliphatic carbocycles. The van der Waals surface area contributed by atoms with Crippen molar-refractivity contribution in [3.63, 3.8) is 0 Å². The fourth-order valence-electron chi connectivity index (χ4n) is 2.75. The largest absolute Gasteiger partial charge is 0.421 e. The van der Waals surface area contributed by atoms with Gasteiger partial charge in [-0.2, -0.15) is 18.2 Å². The van der Waals surface area contributed by atoms with E-state index in [1.54, 1.807) is 24.3 Å². The molecule has 2 N–H and O–H groups in total. The monoisotopic (exact) mass is 386 g/mol. The molecule has 0 aliphatic heterocycles. The zero-order valence-corrected chi connectivity index (χ0v) is 15.4. The first-order chi connectivity index (χ1) is 13.5. The van der Waals surface area contributed by atoms with E-state index >= 15 is 0 Å². The fraction of sp³-hybridized carbons (Fsp3) is 0.238. The Hall–Kier alpha value is -3.09. The Labute approximate surface area is 161 Å². The molecule has 2 aromatic carbocycles. The van der Waals surface area contributed by atoms with E-state index in [1.165, 1.54) is 0 Å². The zero-order valence-electron chi connectivity index (χ0n) is 15.4. The summed E-state index contributed by atoms with van der Waals surface area (Å²) < 4.78 is 40.4. The van der Waals surface area contributed by atoms with Crippen molar-refractivity contribution in [2.45, 2.75) is 32.4 Å². The molecule has 4 nitrogen and oxygen atoms in total. The molecule has 0 amide bonds. The Kier molecular flexibility index (Phi) is 6.13. The third-order valence-corrected chi connectivity index (χ3v) is 4.19. The number of rotatable bonds is 7. The summed E-state index contributed by atoms with van der Waals surface area (Å²) in [5, 5.41) is 5.80. The average molecular weight is 386 g/mol. The van der Waals surface area contributed by atoms with E-state index in [0.29, 0.717) is 11.4 Å². The average Bonchev–Trinajstić information content (AvgIpc) is 2.67. The first-order valence-corrected chi connectivity index (χ1v) is 9.08. The summed E-state index contributed by atoms with van der Waals surface area (Å²) in [7, 11) is 0. The van der Waals surface area contributed by atoms with Crippen LogP contribution in [0.3, 0.4) is 0 Å². The molecule has 0 saturated carbocycles. The lowest BCUT2D eigenvalue weighted by Gasteiger charge is -2.17. The Balaban J connectivity index is 1.95. The number of para-hydroxylation sites is 2. The molecule has 0 bridgehead atoms. The van der Waals surface area contributed by atoms with Crippen LogP contribution < -0.4 is 10.6 Å². The molecule has 3 aromatic rings. The molecule has 7 heteroatoms. The van der Waals surface area contributed by atoms with E-state index in [1.807, 2.05) is 30.3 Å². The maximum absolute atomic E-state index is 13.5. The summed E-state index contributed by atoms with van der Waals surface area (Å²) in [6.07, 6.45) is -1.03. The summed E-state index contributed by atoms with van der Waals surface area (Å²) in [6, 6.07) is 16.4. The van der Waals surface area contributed by atoms with Crippen LogP contribution in [-0.4, -0.2) is 9.97 Å². The Bertz CT molecular complexity index is 911. The number of unbranched alkanes of at least 4 members (excludes halogenated alkanes) is 1. The van der Waals surface area contributed by atoms with Crippen molar-refractivity contribution in [2.24, 2.45) is 0 Å². The number of hydrogen-bond donors (Lipinski definition) is 2. The minimum atomic E-state index is -4.56. The van der Waals surface area contributed by atoms with Crippen LogP contribution in [0.5, 0.6) is 0 Å². The molecular weight excluding hydrogens is 365 g/mol. The van der Waals surface area contributed by atoms with Gasteiger partial charge in [0.25, 0.3) is 0 Å². The van der Waals surface area contributed by atoms with E-state index in [4.69, 9.17) is 0 Å². The van der Waals surface area contributed by atoms with Crippen LogP contribution in [0.15, 0.2) is 60.8 Å². The van der Waals surface area contributed by atoms with Crippen molar-refractivity contribution < 1.29 is 13.2 Å². The van der Waals surface area contributed by atoms with Gasteiger partial charge in [-0.05, 0) is 36.6 Å². The summed E-state index contributed by atoms with van der Waals surface area (Å²) in [5.41, 5.74) is 1.35. The Morgan fingerprint density at radius 1 is 0.929 bits per heavy atom. The molecule has 0 unspecified atom stereocenters. The lowest BCUT2D eigenvalue weighted by Crippen LogP contribution is -2.13. The minimum Gasteiger partial charge on any atom is -0.339 e. The van der Waals surface area contributed by atoms with Crippen molar-refractivity contribution in [2.75, 3.05) is 10.6 Å². The topological polar surface area (TPSA) is 49.8 Å². The van der Waals surface area contributed by atoms with Crippen LogP contribution in [0.2, 0.25) is 0 Å². The molecule has 0 spiro atoms. The van der Waals surface area contributed by atoms with Gasteiger partial charge in [-0.25, -0.2) is 4.98 Å². The number of halogens is 3. The lowest BCUT2D eigenvalue weighted by atomic mass is 10.1. The van der Waals surface area contributed by atoms with Crippen LogP contribution in [0.25, 0.3) is 0 Å². The lowest BCUT2D eigenvalue weighted by molar-refractivity contribution is -0.137. The summed E-state index contributed by atoms with van der Waals surface area (Å²) in [5.74, 6) is -0.183. The van der Waals surface area contributed by atoms with Gasteiger partial charge in [0.05, 0.1) is 0 Å². The number of benzene rings is 2. The first kappa shape index (κ1) is 19.7. The summed E-state index contributed by atoms with van der Waals surface area (Å²) >= 11 is 0. The predicted molar refractivity (Wildman–Crippen MR) is 105 cm³/mol. The van der Waals surface area contributed by atoms with Gasteiger partial charge in [0.1, 0.15) is 11.4 Å². The van der Waals surface area contributed by atoms with Crippen LogP contribution in [0.1, 0.15) is 30.9 Å². The number of anilines is 4. The molecule has 0 fully saturated rings. The van der Waals surface area contributed by atoms with Gasteiger partial charge in [0.15, 0.2) is 0 Å². The van der Waals surface area contributed by atoms with Crippen molar-refractivity contribution in [3.05, 3.63) is 71.9 Å². The van der Waals surface area contributed by atoms with Crippen molar-refractivity contribution in [1.82, 2.24) is 9.97 Å². The van der Waals surface area contributed by atoms with E-state index < -0.39 is 11.7 Å². The normalized spacial score (nSPS) is 11.3. The summed E-state index contributed by atoms with van der Waals surface area (Å²) in [4.78, 5) is 7.93. The highest BCUT2D eigenvalue weighted by atomic mass is 19.4.